The van der Waals surface area contributed by atoms with Crippen molar-refractivity contribution in [2.75, 3.05) is 7.11 Å². The summed E-state index contributed by atoms with van der Waals surface area (Å²) in [5.41, 5.74) is 0.783. The van der Waals surface area contributed by atoms with Crippen molar-refractivity contribution < 1.29 is 9.47 Å². The van der Waals surface area contributed by atoms with Gasteiger partial charge in [0, 0.05) is 10.5 Å². The number of benzene rings is 1. The first-order valence-electron chi connectivity index (χ1n) is 5.27. The van der Waals surface area contributed by atoms with Crippen molar-refractivity contribution in [2.45, 2.75) is 6.61 Å². The Morgan fingerprint density at radius 1 is 1.28 bits per heavy atom. The lowest BCUT2D eigenvalue weighted by atomic mass is 10.3. The molecule has 0 fully saturated rings. The van der Waals surface area contributed by atoms with Crippen molar-refractivity contribution in [2.24, 2.45) is 0 Å². The molecule has 5 heteroatoms. The molecule has 0 saturated carbocycles. The van der Waals surface area contributed by atoms with Gasteiger partial charge in [-0.15, -0.1) is 0 Å². The highest BCUT2D eigenvalue weighted by Crippen LogP contribution is 2.28. The standard InChI is InChI=1S/C13H11BrClNO2/c1-17-13-4-2-3-10(16-13)8-18-12-7-9(14)5-6-11(12)15/h2-7H,8H2,1H3. The zero-order valence-corrected chi connectivity index (χ0v) is 12.0. The van der Waals surface area contributed by atoms with Crippen molar-refractivity contribution in [3.05, 3.63) is 51.6 Å². The highest BCUT2D eigenvalue weighted by atomic mass is 79.9. The predicted molar refractivity (Wildman–Crippen MR) is 74.3 cm³/mol. The van der Waals surface area contributed by atoms with Crippen LogP contribution in [0.5, 0.6) is 11.6 Å². The largest absolute Gasteiger partial charge is 0.486 e. The molecule has 0 unspecified atom stereocenters. The van der Waals surface area contributed by atoms with Gasteiger partial charge in [-0.2, -0.15) is 0 Å². The summed E-state index contributed by atoms with van der Waals surface area (Å²) in [5, 5.41) is 0.570. The number of hydrogen-bond acceptors (Lipinski definition) is 3. The highest BCUT2D eigenvalue weighted by molar-refractivity contribution is 9.10. The van der Waals surface area contributed by atoms with Crippen LogP contribution in [-0.2, 0) is 6.61 Å². The van der Waals surface area contributed by atoms with E-state index in [1.54, 1.807) is 19.2 Å². The number of pyridine rings is 1. The van der Waals surface area contributed by atoms with Gasteiger partial charge in [-0.3, -0.25) is 0 Å². The first-order chi connectivity index (χ1) is 8.69. The van der Waals surface area contributed by atoms with E-state index in [9.17, 15) is 0 Å². The summed E-state index contributed by atoms with van der Waals surface area (Å²) in [6.45, 7) is 0.341. The van der Waals surface area contributed by atoms with Crippen LogP contribution in [0.15, 0.2) is 40.9 Å². The molecule has 1 aromatic heterocycles. The van der Waals surface area contributed by atoms with E-state index >= 15 is 0 Å². The Morgan fingerprint density at radius 3 is 2.89 bits per heavy atom. The van der Waals surface area contributed by atoms with Crippen LogP contribution >= 0.6 is 27.5 Å². The van der Waals surface area contributed by atoms with Gasteiger partial charge in [0.05, 0.1) is 17.8 Å². The topological polar surface area (TPSA) is 31.4 Å². The number of aromatic nitrogens is 1. The Bertz CT molecular complexity index is 548. The van der Waals surface area contributed by atoms with Crippen molar-refractivity contribution >= 4 is 27.5 Å². The lowest BCUT2D eigenvalue weighted by molar-refractivity contribution is 0.298. The minimum Gasteiger partial charge on any atom is -0.486 e. The average molecular weight is 329 g/mol. The van der Waals surface area contributed by atoms with E-state index in [2.05, 4.69) is 20.9 Å². The van der Waals surface area contributed by atoms with Gasteiger partial charge in [0.2, 0.25) is 5.88 Å². The molecule has 3 nitrogen and oxygen atoms in total. The number of hydrogen-bond donors (Lipinski definition) is 0. The quantitative estimate of drug-likeness (QED) is 0.847. The third-order valence-corrected chi connectivity index (χ3v) is 3.06. The van der Waals surface area contributed by atoms with Crippen molar-refractivity contribution in [3.63, 3.8) is 0 Å². The zero-order chi connectivity index (χ0) is 13.0. The summed E-state index contributed by atoms with van der Waals surface area (Å²) >= 11 is 9.40. The van der Waals surface area contributed by atoms with Crippen molar-refractivity contribution in [3.8, 4) is 11.6 Å². The molecule has 0 radical (unpaired) electrons. The first-order valence-corrected chi connectivity index (χ1v) is 6.44. The van der Waals surface area contributed by atoms with Crippen LogP contribution in [0.2, 0.25) is 5.02 Å². The fraction of sp³-hybridized carbons (Fsp3) is 0.154. The Hall–Kier alpha value is -1.26. The maximum Gasteiger partial charge on any atom is 0.213 e. The zero-order valence-electron chi connectivity index (χ0n) is 9.69. The molecule has 0 aliphatic carbocycles. The van der Waals surface area contributed by atoms with Crippen LogP contribution in [-0.4, -0.2) is 12.1 Å². The molecule has 0 bridgehead atoms. The van der Waals surface area contributed by atoms with Gasteiger partial charge in [0.15, 0.2) is 0 Å². The van der Waals surface area contributed by atoms with Crippen molar-refractivity contribution in [1.29, 1.82) is 0 Å². The molecule has 1 heterocycles. The summed E-state index contributed by atoms with van der Waals surface area (Å²) in [6.07, 6.45) is 0. The Balaban J connectivity index is 2.08. The molecule has 0 saturated heterocycles. The van der Waals surface area contributed by atoms with Crippen LogP contribution in [0, 0.1) is 0 Å². The third-order valence-electron chi connectivity index (χ3n) is 2.26. The minimum atomic E-state index is 0.341. The predicted octanol–water partition coefficient (Wildman–Crippen LogP) is 4.09. The number of ether oxygens (including phenoxy) is 2. The van der Waals surface area contributed by atoms with E-state index in [-0.39, 0.29) is 0 Å². The molecule has 0 amide bonds. The number of nitrogens with zero attached hydrogens (tertiary/aromatic N) is 1. The molecule has 2 rings (SSSR count). The van der Waals surface area contributed by atoms with E-state index in [0.29, 0.717) is 23.3 Å². The Labute approximate surface area is 119 Å². The fourth-order valence-corrected chi connectivity index (χ4v) is 1.90. The molecule has 18 heavy (non-hydrogen) atoms. The Kier molecular flexibility index (Phi) is 4.44. The number of halogens is 2. The van der Waals surface area contributed by atoms with Crippen LogP contribution in [0.1, 0.15) is 5.69 Å². The van der Waals surface area contributed by atoms with E-state index in [4.69, 9.17) is 21.1 Å². The van der Waals surface area contributed by atoms with Crippen molar-refractivity contribution in [1.82, 2.24) is 4.98 Å². The highest BCUT2D eigenvalue weighted by Gasteiger charge is 2.04. The van der Waals surface area contributed by atoms with Crippen LogP contribution in [0.4, 0.5) is 0 Å². The van der Waals surface area contributed by atoms with Gasteiger partial charge in [-0.05, 0) is 24.3 Å². The second-order valence-corrected chi connectivity index (χ2v) is 4.86. The molecule has 2 aromatic rings. The maximum atomic E-state index is 6.03. The number of methoxy groups -OCH3 is 1. The van der Waals surface area contributed by atoms with E-state index in [1.165, 1.54) is 0 Å². The first kappa shape index (κ1) is 13.2. The summed E-state index contributed by atoms with van der Waals surface area (Å²) in [5.74, 6) is 1.19. The maximum absolute atomic E-state index is 6.03. The van der Waals surface area contributed by atoms with Gasteiger partial charge in [-0.25, -0.2) is 4.98 Å². The summed E-state index contributed by atoms with van der Waals surface area (Å²) in [6, 6.07) is 11.0. The number of rotatable bonds is 4. The average Bonchev–Trinajstić information content (AvgIpc) is 2.40. The normalized spacial score (nSPS) is 10.2. The molecular weight excluding hydrogens is 318 g/mol. The summed E-state index contributed by atoms with van der Waals surface area (Å²) < 4.78 is 11.6. The molecule has 0 N–H and O–H groups in total. The SMILES string of the molecule is COc1cccc(COc2cc(Br)ccc2Cl)n1. The Morgan fingerprint density at radius 2 is 2.11 bits per heavy atom. The molecular formula is C13H11BrClNO2. The second kappa shape index (κ2) is 6.07. The molecule has 0 spiro atoms. The van der Waals surface area contributed by atoms with Crippen LogP contribution in [0.3, 0.4) is 0 Å². The van der Waals surface area contributed by atoms with Crippen LogP contribution in [0.25, 0.3) is 0 Å². The third kappa shape index (κ3) is 3.37. The van der Waals surface area contributed by atoms with Gasteiger partial charge in [-0.1, -0.05) is 33.6 Å². The summed E-state index contributed by atoms with van der Waals surface area (Å²) in [7, 11) is 1.58. The second-order valence-electron chi connectivity index (χ2n) is 3.53. The lowest BCUT2D eigenvalue weighted by Gasteiger charge is -2.08. The van der Waals surface area contributed by atoms with E-state index in [0.717, 1.165) is 10.2 Å². The van der Waals surface area contributed by atoms with Gasteiger partial charge >= 0.3 is 0 Å². The molecule has 0 aliphatic rings. The van der Waals surface area contributed by atoms with E-state index < -0.39 is 0 Å². The fourth-order valence-electron chi connectivity index (χ4n) is 1.39. The van der Waals surface area contributed by atoms with E-state index in [1.807, 2.05) is 24.3 Å². The molecule has 0 atom stereocenters. The van der Waals surface area contributed by atoms with Crippen LogP contribution < -0.4 is 9.47 Å². The summed E-state index contributed by atoms with van der Waals surface area (Å²) in [4.78, 5) is 4.26. The lowest BCUT2D eigenvalue weighted by Crippen LogP contribution is -1.99. The molecule has 0 aliphatic heterocycles. The minimum absolute atomic E-state index is 0.341. The van der Waals surface area contributed by atoms with Gasteiger partial charge in [0.25, 0.3) is 0 Å². The molecule has 94 valence electrons. The smallest absolute Gasteiger partial charge is 0.213 e. The monoisotopic (exact) mass is 327 g/mol. The van der Waals surface area contributed by atoms with Gasteiger partial charge in [0.1, 0.15) is 12.4 Å². The molecule has 1 aromatic carbocycles. The van der Waals surface area contributed by atoms with Gasteiger partial charge < -0.3 is 9.47 Å².